The number of nitrogens with zero attached hydrogens (tertiary/aromatic N) is 4. The monoisotopic (exact) mass is 670 g/mol. The Morgan fingerprint density at radius 2 is 0.860 bits per heavy atom. The summed E-state index contributed by atoms with van der Waals surface area (Å²) >= 11 is 1.97. The van der Waals surface area contributed by atoms with Gasteiger partial charge in [0, 0.05) is 32.2 Å². The van der Waals surface area contributed by atoms with Gasteiger partial charge in [0.15, 0.2) is 17.5 Å². The molecule has 0 amide bonds. The summed E-state index contributed by atoms with van der Waals surface area (Å²) in [5.74, 6) is 3.39. The van der Waals surface area contributed by atoms with E-state index in [1.165, 1.54) is 96.5 Å². The minimum absolute atomic E-state index is 0.675. The average Bonchev–Trinajstić information content (AvgIpc) is 3.21. The van der Waals surface area contributed by atoms with E-state index < -0.39 is 0 Å². The molecular weight excluding hydrogens is 629 g/mol. The van der Waals surface area contributed by atoms with Crippen molar-refractivity contribution in [3.63, 3.8) is 0 Å². The van der Waals surface area contributed by atoms with Gasteiger partial charge in [-0.1, -0.05) is 123 Å². The molecule has 2 aliphatic carbocycles. The number of aromatic nitrogens is 3. The van der Waals surface area contributed by atoms with E-state index in [-0.39, 0.29) is 0 Å². The first-order valence-electron chi connectivity index (χ1n) is 18.5. The standard InChI is InChI=1S/C45H42N4S/c1-5-13-31(14-6-1)36-23-27-39-41(29-36)50-42-30-37(32-15-7-2-8-16-32)24-28-40(42)49(39)38-25-21-35(22-26-38)45-47-43(33-17-9-3-10-18-33)46-44(48-45)34-19-11-4-12-20-34/h3-4,9-12,17-32H,1-2,5-8,13-16H2. The molecule has 3 aliphatic rings. The molecule has 0 radical (unpaired) electrons. The first-order valence-corrected chi connectivity index (χ1v) is 19.3. The molecule has 0 saturated heterocycles. The van der Waals surface area contributed by atoms with Crippen molar-refractivity contribution in [2.75, 3.05) is 4.90 Å². The maximum atomic E-state index is 4.98. The molecule has 5 heteroatoms. The maximum Gasteiger partial charge on any atom is 0.164 e. The van der Waals surface area contributed by atoms with Crippen molar-refractivity contribution in [2.45, 2.75) is 85.8 Å². The van der Waals surface area contributed by atoms with E-state index in [0.717, 1.165) is 22.4 Å². The van der Waals surface area contributed by atoms with Gasteiger partial charge in [0.25, 0.3) is 0 Å². The second-order valence-electron chi connectivity index (χ2n) is 14.1. The number of anilines is 3. The number of hydrogen-bond acceptors (Lipinski definition) is 5. The molecule has 1 aliphatic heterocycles. The van der Waals surface area contributed by atoms with Crippen molar-refractivity contribution >= 4 is 28.8 Å². The molecule has 2 fully saturated rings. The van der Waals surface area contributed by atoms with Crippen LogP contribution in [0.5, 0.6) is 0 Å². The largest absolute Gasteiger partial charge is 0.308 e. The van der Waals surface area contributed by atoms with E-state index in [1.54, 1.807) is 0 Å². The molecule has 0 bridgehead atoms. The fraction of sp³-hybridized carbons (Fsp3) is 0.267. The van der Waals surface area contributed by atoms with Crippen molar-refractivity contribution < 1.29 is 0 Å². The molecule has 0 atom stereocenters. The highest BCUT2D eigenvalue weighted by atomic mass is 32.2. The Morgan fingerprint density at radius 1 is 0.440 bits per heavy atom. The second-order valence-corrected chi connectivity index (χ2v) is 15.2. The highest BCUT2D eigenvalue weighted by Crippen LogP contribution is 2.53. The van der Waals surface area contributed by atoms with Crippen LogP contribution in [0.3, 0.4) is 0 Å². The third-order valence-corrected chi connectivity index (χ3v) is 12.0. The van der Waals surface area contributed by atoms with Gasteiger partial charge >= 0.3 is 0 Å². The Hall–Kier alpha value is -4.74. The minimum atomic E-state index is 0.675. The van der Waals surface area contributed by atoms with Crippen molar-refractivity contribution in [3.05, 3.63) is 132 Å². The lowest BCUT2D eigenvalue weighted by atomic mass is 9.84. The lowest BCUT2D eigenvalue weighted by Crippen LogP contribution is -2.16. The van der Waals surface area contributed by atoms with Gasteiger partial charge in [0.05, 0.1) is 11.4 Å². The average molecular weight is 671 g/mol. The molecule has 5 aromatic carbocycles. The number of hydrogen-bond donors (Lipinski definition) is 0. The quantitative estimate of drug-likeness (QED) is 0.176. The molecule has 248 valence electrons. The Morgan fingerprint density at radius 3 is 1.30 bits per heavy atom. The van der Waals surface area contributed by atoms with Crippen LogP contribution in [0.15, 0.2) is 131 Å². The number of fused-ring (bicyclic) bond motifs is 2. The van der Waals surface area contributed by atoms with Gasteiger partial charge in [0.1, 0.15) is 0 Å². The smallest absolute Gasteiger partial charge is 0.164 e. The third kappa shape index (κ3) is 6.24. The summed E-state index contributed by atoms with van der Waals surface area (Å²) in [4.78, 5) is 20.1. The summed E-state index contributed by atoms with van der Waals surface area (Å²) in [7, 11) is 0. The fourth-order valence-corrected chi connectivity index (χ4v) is 9.35. The van der Waals surface area contributed by atoms with Crippen LogP contribution in [0.1, 0.15) is 87.2 Å². The zero-order chi connectivity index (χ0) is 33.3. The predicted octanol–water partition coefficient (Wildman–Crippen LogP) is 12.9. The van der Waals surface area contributed by atoms with Gasteiger partial charge < -0.3 is 4.90 Å². The molecule has 0 N–H and O–H groups in total. The molecule has 9 rings (SSSR count). The van der Waals surface area contributed by atoms with Crippen LogP contribution < -0.4 is 4.90 Å². The van der Waals surface area contributed by atoms with Crippen molar-refractivity contribution in [1.29, 1.82) is 0 Å². The van der Waals surface area contributed by atoms with Gasteiger partial charge in [-0.3, -0.25) is 0 Å². The lowest BCUT2D eigenvalue weighted by molar-refractivity contribution is 0.443. The molecule has 1 aromatic heterocycles. The highest BCUT2D eigenvalue weighted by molar-refractivity contribution is 7.99. The first kappa shape index (κ1) is 31.3. The molecule has 0 unspecified atom stereocenters. The maximum absolute atomic E-state index is 4.98. The lowest BCUT2D eigenvalue weighted by Gasteiger charge is -2.35. The van der Waals surface area contributed by atoms with Gasteiger partial charge in [-0.05, 0) is 97.2 Å². The molecule has 50 heavy (non-hydrogen) atoms. The summed E-state index contributed by atoms with van der Waals surface area (Å²) in [5.41, 5.74) is 9.61. The van der Waals surface area contributed by atoms with Crippen LogP contribution in [0.25, 0.3) is 34.2 Å². The van der Waals surface area contributed by atoms with E-state index in [2.05, 4.69) is 89.8 Å². The van der Waals surface area contributed by atoms with Gasteiger partial charge in [0.2, 0.25) is 0 Å². The van der Waals surface area contributed by atoms with Crippen molar-refractivity contribution in [3.8, 4) is 34.2 Å². The second kappa shape index (κ2) is 13.9. The number of rotatable bonds is 6. The molecule has 2 heterocycles. The topological polar surface area (TPSA) is 41.9 Å². The molecule has 4 nitrogen and oxygen atoms in total. The summed E-state index contributed by atoms with van der Waals surface area (Å²) < 4.78 is 0. The van der Waals surface area contributed by atoms with Crippen LogP contribution in [-0.2, 0) is 0 Å². The van der Waals surface area contributed by atoms with Crippen LogP contribution in [0.4, 0.5) is 17.1 Å². The zero-order valence-corrected chi connectivity index (χ0v) is 29.3. The predicted molar refractivity (Wildman–Crippen MR) is 207 cm³/mol. The normalized spacial score (nSPS) is 16.5. The van der Waals surface area contributed by atoms with Gasteiger partial charge in [-0.15, -0.1) is 0 Å². The van der Waals surface area contributed by atoms with E-state index in [9.17, 15) is 0 Å². The summed E-state index contributed by atoms with van der Waals surface area (Å²) in [6, 6.07) is 43.7. The van der Waals surface area contributed by atoms with Crippen molar-refractivity contribution in [2.24, 2.45) is 0 Å². The van der Waals surface area contributed by atoms with Crippen LogP contribution in [0, 0.1) is 0 Å². The summed E-state index contributed by atoms with van der Waals surface area (Å²) in [5, 5.41) is 0. The van der Waals surface area contributed by atoms with Crippen LogP contribution >= 0.6 is 11.8 Å². The van der Waals surface area contributed by atoms with Crippen LogP contribution in [-0.4, -0.2) is 15.0 Å². The highest BCUT2D eigenvalue weighted by Gasteiger charge is 2.28. The Bertz CT molecular complexity index is 1980. The van der Waals surface area contributed by atoms with Gasteiger partial charge in [-0.2, -0.15) is 0 Å². The molecule has 6 aromatic rings. The van der Waals surface area contributed by atoms with E-state index in [4.69, 9.17) is 15.0 Å². The van der Waals surface area contributed by atoms with Crippen LogP contribution in [0.2, 0.25) is 0 Å². The minimum Gasteiger partial charge on any atom is -0.308 e. The van der Waals surface area contributed by atoms with E-state index >= 15 is 0 Å². The Labute approximate surface area is 300 Å². The molecule has 0 spiro atoms. The Kier molecular flexibility index (Phi) is 8.67. The van der Waals surface area contributed by atoms with E-state index in [1.807, 2.05) is 48.2 Å². The van der Waals surface area contributed by atoms with Crippen molar-refractivity contribution in [1.82, 2.24) is 15.0 Å². The van der Waals surface area contributed by atoms with Gasteiger partial charge in [-0.25, -0.2) is 15.0 Å². The zero-order valence-electron chi connectivity index (χ0n) is 28.5. The van der Waals surface area contributed by atoms with E-state index in [0.29, 0.717) is 29.3 Å². The fourth-order valence-electron chi connectivity index (χ4n) is 8.20. The SMILES string of the molecule is c1ccc(-c2nc(-c3ccccc3)nc(-c3ccc(N4c5ccc(C6CCCCC6)cc5Sc5cc(C6CCCCC6)ccc54)cc3)n2)cc1. The molecule has 2 saturated carbocycles. The number of benzene rings is 5. The Balaban J connectivity index is 1.11. The third-order valence-electron chi connectivity index (χ3n) is 10.9. The summed E-state index contributed by atoms with van der Waals surface area (Å²) in [6.07, 6.45) is 13.4. The summed E-state index contributed by atoms with van der Waals surface area (Å²) in [6.45, 7) is 0. The first-order chi connectivity index (χ1) is 24.8. The molecular formula is C45H42N4S.